The fourth-order valence-electron chi connectivity index (χ4n) is 1.52. The molecule has 12 heavy (non-hydrogen) atoms. The standard InChI is InChI=1S/C9H18N2O/c1-2-11(9(12)6-10)7-8-4-3-5-8/h8H,2-7,10H2,1H3. The van der Waals surface area contributed by atoms with E-state index in [4.69, 9.17) is 5.73 Å². The van der Waals surface area contributed by atoms with E-state index in [1.54, 1.807) is 0 Å². The zero-order chi connectivity index (χ0) is 8.97. The molecule has 0 aliphatic heterocycles. The van der Waals surface area contributed by atoms with Crippen molar-refractivity contribution in [3.63, 3.8) is 0 Å². The minimum atomic E-state index is 0.0874. The summed E-state index contributed by atoms with van der Waals surface area (Å²) >= 11 is 0. The lowest BCUT2D eigenvalue weighted by atomic mass is 9.85. The van der Waals surface area contributed by atoms with Gasteiger partial charge in [-0.25, -0.2) is 0 Å². The molecule has 0 unspecified atom stereocenters. The van der Waals surface area contributed by atoms with E-state index in [-0.39, 0.29) is 12.5 Å². The van der Waals surface area contributed by atoms with Gasteiger partial charge in [-0.1, -0.05) is 6.42 Å². The average Bonchev–Trinajstić information content (AvgIpc) is 2.02. The van der Waals surface area contributed by atoms with Crippen molar-refractivity contribution < 1.29 is 4.79 Å². The molecule has 0 aromatic rings. The highest BCUT2D eigenvalue weighted by Gasteiger charge is 2.21. The molecule has 1 rings (SSSR count). The highest BCUT2D eigenvalue weighted by atomic mass is 16.2. The fraction of sp³-hybridized carbons (Fsp3) is 0.889. The molecule has 3 nitrogen and oxygen atoms in total. The normalized spacial score (nSPS) is 17.2. The number of carbonyl (C=O) groups excluding carboxylic acids is 1. The summed E-state index contributed by atoms with van der Waals surface area (Å²) in [5, 5.41) is 0. The number of likely N-dealkylation sites (N-methyl/N-ethyl adjacent to an activating group) is 1. The van der Waals surface area contributed by atoms with Crippen molar-refractivity contribution in [2.75, 3.05) is 19.6 Å². The van der Waals surface area contributed by atoms with Crippen LogP contribution in [0.15, 0.2) is 0 Å². The van der Waals surface area contributed by atoms with E-state index in [1.807, 2.05) is 11.8 Å². The zero-order valence-electron chi connectivity index (χ0n) is 7.75. The second-order valence-corrected chi connectivity index (χ2v) is 3.43. The minimum Gasteiger partial charge on any atom is -0.342 e. The molecule has 70 valence electrons. The molecule has 0 heterocycles. The Morgan fingerprint density at radius 3 is 2.58 bits per heavy atom. The zero-order valence-corrected chi connectivity index (χ0v) is 7.75. The van der Waals surface area contributed by atoms with Crippen molar-refractivity contribution in [1.82, 2.24) is 4.90 Å². The fourth-order valence-corrected chi connectivity index (χ4v) is 1.52. The molecule has 3 heteroatoms. The Kier molecular flexibility index (Phi) is 3.53. The molecule has 0 bridgehead atoms. The molecule has 1 amide bonds. The quantitative estimate of drug-likeness (QED) is 0.671. The second-order valence-electron chi connectivity index (χ2n) is 3.43. The van der Waals surface area contributed by atoms with Gasteiger partial charge in [0.25, 0.3) is 0 Å². The van der Waals surface area contributed by atoms with E-state index >= 15 is 0 Å². The Labute approximate surface area is 73.9 Å². The molecule has 0 aromatic heterocycles. The first kappa shape index (κ1) is 9.52. The Morgan fingerprint density at radius 2 is 2.25 bits per heavy atom. The third-order valence-electron chi connectivity index (χ3n) is 2.61. The monoisotopic (exact) mass is 170 g/mol. The van der Waals surface area contributed by atoms with Crippen LogP contribution in [0, 0.1) is 5.92 Å². The average molecular weight is 170 g/mol. The summed E-state index contributed by atoms with van der Waals surface area (Å²) in [5.41, 5.74) is 5.29. The van der Waals surface area contributed by atoms with Crippen molar-refractivity contribution in [1.29, 1.82) is 0 Å². The predicted molar refractivity (Wildman–Crippen MR) is 48.6 cm³/mol. The third kappa shape index (κ3) is 2.21. The van der Waals surface area contributed by atoms with Crippen LogP contribution in [0.25, 0.3) is 0 Å². The van der Waals surface area contributed by atoms with E-state index in [1.165, 1.54) is 19.3 Å². The minimum absolute atomic E-state index is 0.0874. The van der Waals surface area contributed by atoms with E-state index in [0.717, 1.165) is 19.0 Å². The van der Waals surface area contributed by atoms with Crippen LogP contribution in [0.3, 0.4) is 0 Å². The number of nitrogens with two attached hydrogens (primary N) is 1. The summed E-state index contributed by atoms with van der Waals surface area (Å²) in [6.45, 7) is 3.88. The van der Waals surface area contributed by atoms with Crippen LogP contribution in [0.4, 0.5) is 0 Å². The first-order valence-electron chi connectivity index (χ1n) is 4.75. The maximum absolute atomic E-state index is 11.2. The van der Waals surface area contributed by atoms with Crippen molar-refractivity contribution in [2.45, 2.75) is 26.2 Å². The lowest BCUT2D eigenvalue weighted by Crippen LogP contribution is -2.40. The molecule has 0 aromatic carbocycles. The van der Waals surface area contributed by atoms with Gasteiger partial charge >= 0.3 is 0 Å². The summed E-state index contributed by atoms with van der Waals surface area (Å²) in [7, 11) is 0. The molecule has 1 fully saturated rings. The van der Waals surface area contributed by atoms with Crippen LogP contribution in [-0.4, -0.2) is 30.4 Å². The van der Waals surface area contributed by atoms with Gasteiger partial charge in [0.15, 0.2) is 0 Å². The van der Waals surface area contributed by atoms with E-state index < -0.39 is 0 Å². The smallest absolute Gasteiger partial charge is 0.236 e. The van der Waals surface area contributed by atoms with Gasteiger partial charge in [-0.2, -0.15) is 0 Å². The summed E-state index contributed by atoms with van der Waals surface area (Å²) < 4.78 is 0. The van der Waals surface area contributed by atoms with Gasteiger partial charge in [-0.3, -0.25) is 4.79 Å². The van der Waals surface area contributed by atoms with Gasteiger partial charge in [0.2, 0.25) is 5.91 Å². The largest absolute Gasteiger partial charge is 0.342 e. The molecular weight excluding hydrogens is 152 g/mol. The van der Waals surface area contributed by atoms with E-state index in [9.17, 15) is 4.79 Å². The third-order valence-corrected chi connectivity index (χ3v) is 2.61. The second kappa shape index (κ2) is 4.45. The molecule has 1 aliphatic carbocycles. The number of hydrogen-bond acceptors (Lipinski definition) is 2. The molecule has 0 saturated heterocycles. The van der Waals surface area contributed by atoms with Gasteiger partial charge < -0.3 is 10.6 Å². The van der Waals surface area contributed by atoms with Crippen molar-refractivity contribution in [2.24, 2.45) is 11.7 Å². The van der Waals surface area contributed by atoms with E-state index in [2.05, 4.69) is 0 Å². The molecule has 0 spiro atoms. The highest BCUT2D eigenvalue weighted by Crippen LogP contribution is 2.26. The maximum Gasteiger partial charge on any atom is 0.236 e. The number of nitrogens with zero attached hydrogens (tertiary/aromatic N) is 1. The van der Waals surface area contributed by atoms with Crippen LogP contribution in [0.1, 0.15) is 26.2 Å². The van der Waals surface area contributed by atoms with Crippen LogP contribution < -0.4 is 5.73 Å². The molecule has 0 atom stereocenters. The molecule has 1 saturated carbocycles. The Bertz CT molecular complexity index is 155. The van der Waals surface area contributed by atoms with Crippen molar-refractivity contribution in [3.8, 4) is 0 Å². The Morgan fingerprint density at radius 1 is 1.58 bits per heavy atom. The Balaban J connectivity index is 2.28. The number of rotatable bonds is 4. The summed E-state index contributed by atoms with van der Waals surface area (Å²) in [5.74, 6) is 0.838. The summed E-state index contributed by atoms with van der Waals surface area (Å²) in [6.07, 6.45) is 3.90. The number of carbonyl (C=O) groups is 1. The predicted octanol–water partition coefficient (Wildman–Crippen LogP) is 0.594. The molecule has 1 aliphatic rings. The van der Waals surface area contributed by atoms with Crippen LogP contribution in [0.2, 0.25) is 0 Å². The Hall–Kier alpha value is -0.570. The van der Waals surface area contributed by atoms with Gasteiger partial charge in [0, 0.05) is 13.1 Å². The topological polar surface area (TPSA) is 46.3 Å². The first-order chi connectivity index (χ1) is 5.77. The molecular formula is C9H18N2O. The number of hydrogen-bond donors (Lipinski definition) is 1. The first-order valence-corrected chi connectivity index (χ1v) is 4.75. The van der Waals surface area contributed by atoms with Gasteiger partial charge in [-0.05, 0) is 25.7 Å². The maximum atomic E-state index is 11.2. The molecule has 0 radical (unpaired) electrons. The lowest BCUT2D eigenvalue weighted by Gasteiger charge is -2.31. The van der Waals surface area contributed by atoms with Gasteiger partial charge in [0.1, 0.15) is 0 Å². The SMILES string of the molecule is CCN(CC1CCC1)C(=O)CN. The van der Waals surface area contributed by atoms with Crippen molar-refractivity contribution in [3.05, 3.63) is 0 Å². The highest BCUT2D eigenvalue weighted by molar-refractivity contribution is 5.77. The van der Waals surface area contributed by atoms with Crippen LogP contribution >= 0.6 is 0 Å². The summed E-state index contributed by atoms with van der Waals surface area (Å²) in [4.78, 5) is 13.1. The van der Waals surface area contributed by atoms with Gasteiger partial charge in [-0.15, -0.1) is 0 Å². The van der Waals surface area contributed by atoms with Gasteiger partial charge in [0.05, 0.1) is 6.54 Å². The van der Waals surface area contributed by atoms with E-state index in [0.29, 0.717) is 0 Å². The number of amides is 1. The van der Waals surface area contributed by atoms with Crippen molar-refractivity contribution >= 4 is 5.91 Å². The molecule has 2 N–H and O–H groups in total. The van der Waals surface area contributed by atoms with Crippen LogP contribution in [0.5, 0.6) is 0 Å². The summed E-state index contributed by atoms with van der Waals surface area (Å²) in [6, 6.07) is 0. The van der Waals surface area contributed by atoms with Crippen LogP contribution in [-0.2, 0) is 4.79 Å². The lowest BCUT2D eigenvalue weighted by molar-refractivity contribution is -0.130.